The molecule has 0 spiro atoms. The van der Waals surface area contributed by atoms with E-state index >= 15 is 0 Å². The Kier molecular flexibility index (Phi) is 5.76. The summed E-state index contributed by atoms with van der Waals surface area (Å²) in [7, 11) is 0. The lowest BCUT2D eigenvalue weighted by atomic mass is 10.1. The molecule has 0 saturated heterocycles. The summed E-state index contributed by atoms with van der Waals surface area (Å²) in [5.41, 5.74) is 3.74. The molecular weight excluding hydrogens is 428 g/mol. The van der Waals surface area contributed by atoms with E-state index in [2.05, 4.69) is 16.0 Å². The van der Waals surface area contributed by atoms with Crippen molar-refractivity contribution in [2.45, 2.75) is 6.92 Å². The molecule has 1 N–H and O–H groups in total. The number of aromatic amines is 1. The third kappa shape index (κ3) is 4.24. The zero-order valence-electron chi connectivity index (χ0n) is 16.8. The molecule has 0 aliphatic carbocycles. The maximum atomic E-state index is 12.1. The van der Waals surface area contributed by atoms with Crippen molar-refractivity contribution in [1.29, 1.82) is 10.5 Å². The fourth-order valence-corrected chi connectivity index (χ4v) is 3.34. The number of halogens is 1. The van der Waals surface area contributed by atoms with E-state index in [9.17, 15) is 10.1 Å². The Morgan fingerprint density at radius 3 is 2.84 bits per heavy atom. The number of nitrogens with one attached hydrogen (secondary N) is 1. The molecule has 0 fully saturated rings. The Morgan fingerprint density at radius 2 is 2.06 bits per heavy atom. The zero-order valence-corrected chi connectivity index (χ0v) is 17.6. The number of allylic oxidation sites excluding steroid dienone is 1. The van der Waals surface area contributed by atoms with Gasteiger partial charge in [0.05, 0.1) is 27.2 Å². The number of furan rings is 1. The van der Waals surface area contributed by atoms with E-state index in [1.807, 2.05) is 25.1 Å². The molecule has 2 aromatic carbocycles. The van der Waals surface area contributed by atoms with Crippen LogP contribution in [0.15, 0.2) is 52.9 Å². The molecule has 32 heavy (non-hydrogen) atoms. The normalized spacial score (nSPS) is 11.2. The second kappa shape index (κ2) is 8.81. The van der Waals surface area contributed by atoms with Crippen LogP contribution >= 0.6 is 11.6 Å². The Balaban J connectivity index is 1.64. The minimum atomic E-state index is -0.697. The molecule has 0 amide bonds. The summed E-state index contributed by atoms with van der Waals surface area (Å²) in [5, 5.41) is 18.4. The minimum Gasteiger partial charge on any atom is -0.457 e. The molecule has 8 heteroatoms. The number of hydrogen-bond acceptors (Lipinski definition) is 6. The Morgan fingerprint density at radius 1 is 1.22 bits per heavy atom. The van der Waals surface area contributed by atoms with Crippen LogP contribution in [0.4, 0.5) is 0 Å². The van der Waals surface area contributed by atoms with Gasteiger partial charge >= 0.3 is 5.97 Å². The number of benzene rings is 2. The Labute approximate surface area is 188 Å². The van der Waals surface area contributed by atoms with E-state index in [4.69, 9.17) is 26.0 Å². The molecule has 0 unspecified atom stereocenters. The van der Waals surface area contributed by atoms with Gasteiger partial charge in [-0.05, 0) is 55.0 Å². The van der Waals surface area contributed by atoms with Crippen LogP contribution in [0.1, 0.15) is 27.5 Å². The number of aryl methyl sites for hydroxylation is 1. The molecule has 2 aromatic heterocycles. The molecule has 7 nitrogen and oxygen atoms in total. The van der Waals surface area contributed by atoms with Gasteiger partial charge in [-0.3, -0.25) is 0 Å². The maximum Gasteiger partial charge on any atom is 0.340 e. The van der Waals surface area contributed by atoms with Crippen LogP contribution in [0.25, 0.3) is 34.0 Å². The number of aromatic nitrogens is 2. The fourth-order valence-electron chi connectivity index (χ4n) is 3.14. The highest BCUT2D eigenvalue weighted by molar-refractivity contribution is 6.33. The highest BCUT2D eigenvalue weighted by Crippen LogP contribution is 2.29. The lowest BCUT2D eigenvalue weighted by molar-refractivity contribution is 0.0555. The number of hydrogen-bond donors (Lipinski definition) is 1. The fraction of sp³-hybridized carbons (Fsp3) is 0.0833. The molecule has 156 valence electrons. The van der Waals surface area contributed by atoms with Crippen molar-refractivity contribution in [2.24, 2.45) is 0 Å². The first-order chi connectivity index (χ1) is 15.5. The Bertz CT molecular complexity index is 1450. The molecule has 0 aliphatic rings. The van der Waals surface area contributed by atoms with E-state index in [1.165, 1.54) is 6.07 Å². The van der Waals surface area contributed by atoms with Gasteiger partial charge in [-0.25, -0.2) is 9.78 Å². The van der Waals surface area contributed by atoms with Gasteiger partial charge < -0.3 is 14.1 Å². The van der Waals surface area contributed by atoms with Crippen molar-refractivity contribution in [1.82, 2.24) is 9.97 Å². The van der Waals surface area contributed by atoms with Crippen LogP contribution in [-0.2, 0) is 4.74 Å². The average molecular weight is 443 g/mol. The summed E-state index contributed by atoms with van der Waals surface area (Å²) >= 11 is 6.09. The average Bonchev–Trinajstić information content (AvgIpc) is 3.42. The van der Waals surface area contributed by atoms with Crippen LogP contribution in [-0.4, -0.2) is 22.5 Å². The zero-order chi connectivity index (χ0) is 22.7. The van der Waals surface area contributed by atoms with Gasteiger partial charge in [0.15, 0.2) is 6.61 Å². The number of nitriles is 2. The van der Waals surface area contributed by atoms with Gasteiger partial charge in [0, 0.05) is 11.6 Å². The first-order valence-corrected chi connectivity index (χ1v) is 9.88. The lowest BCUT2D eigenvalue weighted by Crippen LogP contribution is -2.06. The summed E-state index contributed by atoms with van der Waals surface area (Å²) in [6.07, 6.45) is 1.59. The molecule has 4 rings (SSSR count). The molecule has 4 aromatic rings. The predicted octanol–water partition coefficient (Wildman–Crippen LogP) is 5.53. The van der Waals surface area contributed by atoms with Crippen molar-refractivity contribution in [3.05, 3.63) is 76.3 Å². The monoisotopic (exact) mass is 442 g/mol. The van der Waals surface area contributed by atoms with Crippen LogP contribution in [0.2, 0.25) is 5.02 Å². The number of nitrogens with zero attached hydrogens (tertiary/aromatic N) is 3. The van der Waals surface area contributed by atoms with E-state index in [1.54, 1.807) is 36.4 Å². The van der Waals surface area contributed by atoms with Gasteiger partial charge in [0.2, 0.25) is 0 Å². The van der Waals surface area contributed by atoms with Crippen molar-refractivity contribution >= 4 is 40.3 Å². The largest absolute Gasteiger partial charge is 0.457 e. The van der Waals surface area contributed by atoms with Gasteiger partial charge in [0.25, 0.3) is 0 Å². The summed E-state index contributed by atoms with van der Waals surface area (Å²) in [4.78, 5) is 19.7. The van der Waals surface area contributed by atoms with Crippen molar-refractivity contribution in [3.8, 4) is 23.5 Å². The third-order valence-corrected chi connectivity index (χ3v) is 4.99. The predicted molar refractivity (Wildman–Crippen MR) is 119 cm³/mol. The smallest absolute Gasteiger partial charge is 0.340 e. The molecule has 2 heterocycles. The molecule has 0 radical (unpaired) electrons. The second-order valence-electron chi connectivity index (χ2n) is 6.91. The topological polar surface area (TPSA) is 116 Å². The highest BCUT2D eigenvalue weighted by atomic mass is 35.5. The minimum absolute atomic E-state index is 0.128. The van der Waals surface area contributed by atoms with Crippen LogP contribution in [0, 0.1) is 29.6 Å². The number of carbonyl (C=O) groups excluding carboxylic acids is 1. The number of imidazole rings is 1. The van der Waals surface area contributed by atoms with Crippen LogP contribution in [0.3, 0.4) is 0 Å². The Hall–Kier alpha value is -4.33. The molecule has 0 bridgehead atoms. The van der Waals surface area contributed by atoms with E-state index in [0.29, 0.717) is 28.5 Å². The number of carbonyl (C=O) groups is 1. The summed E-state index contributed by atoms with van der Waals surface area (Å²) < 4.78 is 10.7. The van der Waals surface area contributed by atoms with Crippen LogP contribution in [0.5, 0.6) is 0 Å². The van der Waals surface area contributed by atoms with E-state index < -0.39 is 5.97 Å². The van der Waals surface area contributed by atoms with Crippen molar-refractivity contribution in [3.63, 3.8) is 0 Å². The highest BCUT2D eigenvalue weighted by Gasteiger charge is 2.15. The molecule has 0 saturated carbocycles. The number of rotatable bonds is 5. The maximum absolute atomic E-state index is 12.1. The van der Waals surface area contributed by atoms with Crippen molar-refractivity contribution in [2.75, 3.05) is 6.61 Å². The molecular formula is C24H15ClN4O3. The molecule has 0 aliphatic heterocycles. The number of esters is 1. The number of ether oxygens (including phenoxy) is 1. The summed E-state index contributed by atoms with van der Waals surface area (Å²) in [6, 6.07) is 17.9. The van der Waals surface area contributed by atoms with Crippen LogP contribution < -0.4 is 0 Å². The van der Waals surface area contributed by atoms with Gasteiger partial charge in [-0.1, -0.05) is 17.7 Å². The van der Waals surface area contributed by atoms with Gasteiger partial charge in [-0.15, -0.1) is 0 Å². The SMILES string of the molecule is Cc1ccc2nc(C(C#N)=Cc3ccc(-c4ccc(Cl)c(C(=O)OCC#N)c4)o3)[nH]c2c1. The second-order valence-corrected chi connectivity index (χ2v) is 7.31. The quantitative estimate of drug-likeness (QED) is 0.321. The summed E-state index contributed by atoms with van der Waals surface area (Å²) in [6.45, 7) is 1.62. The lowest BCUT2D eigenvalue weighted by Gasteiger charge is -2.05. The number of H-pyrrole nitrogens is 1. The first kappa shape index (κ1) is 20.9. The standard InChI is InChI=1S/C24H15ClN4O3/c1-14-2-6-20-21(10-14)29-23(28-20)16(13-27)11-17-4-7-22(32-17)15-3-5-19(25)18(12-15)24(30)31-9-8-26/h2-7,10-12H,9H2,1H3,(H,28,29). The van der Waals surface area contributed by atoms with E-state index in [0.717, 1.165) is 16.6 Å². The summed E-state index contributed by atoms with van der Waals surface area (Å²) in [5.74, 6) is 0.661. The van der Waals surface area contributed by atoms with Crippen molar-refractivity contribution < 1.29 is 13.9 Å². The number of fused-ring (bicyclic) bond motifs is 1. The molecule has 0 atom stereocenters. The first-order valence-electron chi connectivity index (χ1n) is 9.51. The van der Waals surface area contributed by atoms with E-state index in [-0.39, 0.29) is 17.2 Å². The third-order valence-electron chi connectivity index (χ3n) is 4.66. The van der Waals surface area contributed by atoms with Gasteiger partial charge in [0.1, 0.15) is 29.5 Å². The van der Waals surface area contributed by atoms with Gasteiger partial charge in [-0.2, -0.15) is 10.5 Å².